The van der Waals surface area contributed by atoms with E-state index in [9.17, 15) is 4.79 Å². The SMILES string of the molecule is CC(C)(C)c1cc(-c2cc(-c3cc(C(C)(C)C)cc(C(C)(C)C)c3)c(N3CCCCC3=O)cc2-c2cc(C(C)(C)C)cc(C(C)(C)C)c2)cc(C(C)(C)C)c1. The highest BCUT2D eigenvalue weighted by Gasteiger charge is 2.30. The molecule has 4 aromatic rings. The smallest absolute Gasteiger partial charge is 0.226 e. The summed E-state index contributed by atoms with van der Waals surface area (Å²) in [4.78, 5) is 16.1. The summed E-state index contributed by atoms with van der Waals surface area (Å²) >= 11 is 0. The molecule has 1 aliphatic heterocycles. The number of hydrogen-bond donors (Lipinski definition) is 0. The summed E-state index contributed by atoms with van der Waals surface area (Å²) in [5.74, 6) is 0.220. The van der Waals surface area contributed by atoms with E-state index in [1.54, 1.807) is 0 Å². The fourth-order valence-corrected chi connectivity index (χ4v) is 7.53. The summed E-state index contributed by atoms with van der Waals surface area (Å²) in [5, 5.41) is 0. The fourth-order valence-electron chi connectivity index (χ4n) is 7.53. The fraction of sp³-hybridized carbons (Fsp3) is 0.528. The number of carbonyl (C=O) groups excluding carboxylic acids is 1. The van der Waals surface area contributed by atoms with Gasteiger partial charge in [-0.1, -0.05) is 179 Å². The molecular weight excluding hydrogens is 667 g/mol. The lowest BCUT2D eigenvalue weighted by Gasteiger charge is -2.32. The average Bonchev–Trinajstić information content (AvgIpc) is 3.05. The first-order valence-electron chi connectivity index (χ1n) is 20.9. The zero-order valence-corrected chi connectivity index (χ0v) is 38.0. The van der Waals surface area contributed by atoms with Crippen molar-refractivity contribution in [1.29, 1.82) is 0 Å². The average molecular weight is 740 g/mol. The Labute approximate surface area is 336 Å². The van der Waals surface area contributed by atoms with Crippen LogP contribution >= 0.6 is 0 Å². The number of piperidine rings is 1. The largest absolute Gasteiger partial charge is 0.312 e. The topological polar surface area (TPSA) is 20.3 Å². The van der Waals surface area contributed by atoms with Crippen LogP contribution in [0.1, 0.15) is 177 Å². The summed E-state index contributed by atoms with van der Waals surface area (Å²) < 4.78 is 0. The summed E-state index contributed by atoms with van der Waals surface area (Å²) in [6.07, 6.45) is 2.54. The molecule has 0 saturated carbocycles. The molecule has 4 aromatic carbocycles. The molecule has 0 N–H and O–H groups in total. The van der Waals surface area contributed by atoms with Gasteiger partial charge in [0.1, 0.15) is 0 Å². The van der Waals surface area contributed by atoms with Crippen molar-refractivity contribution in [2.75, 3.05) is 11.4 Å². The molecule has 1 saturated heterocycles. The Morgan fingerprint density at radius 1 is 0.364 bits per heavy atom. The Morgan fingerprint density at radius 2 is 0.655 bits per heavy atom. The van der Waals surface area contributed by atoms with Gasteiger partial charge in [0.25, 0.3) is 0 Å². The molecule has 1 amide bonds. The van der Waals surface area contributed by atoms with E-state index < -0.39 is 0 Å². The lowest BCUT2D eigenvalue weighted by atomic mass is 9.76. The molecule has 0 unspecified atom stereocenters. The number of nitrogens with zero attached hydrogens (tertiary/aromatic N) is 1. The van der Waals surface area contributed by atoms with E-state index in [0.29, 0.717) is 6.42 Å². The van der Waals surface area contributed by atoms with Crippen LogP contribution in [0.4, 0.5) is 5.69 Å². The second-order valence-electron chi connectivity index (χ2n) is 22.8. The van der Waals surface area contributed by atoms with Gasteiger partial charge in [-0.3, -0.25) is 4.79 Å². The van der Waals surface area contributed by atoms with Crippen LogP contribution in [0.25, 0.3) is 33.4 Å². The first-order chi connectivity index (χ1) is 24.9. The standard InChI is InChI=1S/C53H73NO/c1-48(2,3)37-23-34(24-38(29-37)49(4,5)6)43-32-45(36-27-41(52(13,14)15)31-42(28-36)53(16,17)18)46(54-22-20-19-21-47(54)55)33-44(43)35-25-39(50(7,8)9)30-40(26-35)51(10,11)12/h23-33H,19-22H2,1-18H3. The molecule has 1 fully saturated rings. The van der Waals surface area contributed by atoms with Gasteiger partial charge < -0.3 is 4.90 Å². The molecule has 1 aliphatic rings. The molecule has 55 heavy (non-hydrogen) atoms. The second-order valence-corrected chi connectivity index (χ2v) is 22.8. The van der Waals surface area contributed by atoms with Gasteiger partial charge in [0.15, 0.2) is 0 Å². The maximum absolute atomic E-state index is 14.0. The normalized spacial score (nSPS) is 15.2. The van der Waals surface area contributed by atoms with Crippen molar-refractivity contribution in [2.24, 2.45) is 0 Å². The summed E-state index contributed by atoms with van der Waals surface area (Å²) in [5.41, 5.74) is 15.9. The van der Waals surface area contributed by atoms with Gasteiger partial charge in [-0.05, 0) is 119 Å². The number of benzene rings is 4. The Hall–Kier alpha value is -3.65. The summed E-state index contributed by atoms with van der Waals surface area (Å²) in [6.45, 7) is 42.4. The third-order valence-corrected chi connectivity index (χ3v) is 11.7. The molecule has 0 bridgehead atoms. The highest BCUT2D eigenvalue weighted by Crippen LogP contribution is 2.47. The first kappa shape index (κ1) is 42.5. The van der Waals surface area contributed by atoms with Gasteiger partial charge in [0.05, 0.1) is 5.69 Å². The van der Waals surface area contributed by atoms with Gasteiger partial charge in [-0.15, -0.1) is 0 Å². The van der Waals surface area contributed by atoms with E-state index in [1.165, 1.54) is 61.2 Å². The van der Waals surface area contributed by atoms with E-state index in [2.05, 4.69) is 196 Å². The van der Waals surface area contributed by atoms with Crippen LogP contribution in [0.3, 0.4) is 0 Å². The van der Waals surface area contributed by atoms with Crippen LogP contribution in [-0.4, -0.2) is 12.5 Å². The third-order valence-electron chi connectivity index (χ3n) is 11.7. The van der Waals surface area contributed by atoms with E-state index in [-0.39, 0.29) is 38.4 Å². The monoisotopic (exact) mass is 740 g/mol. The second kappa shape index (κ2) is 14.4. The van der Waals surface area contributed by atoms with Crippen molar-refractivity contribution in [1.82, 2.24) is 0 Å². The first-order valence-corrected chi connectivity index (χ1v) is 20.9. The van der Waals surface area contributed by atoms with Crippen molar-refractivity contribution >= 4 is 11.6 Å². The zero-order valence-electron chi connectivity index (χ0n) is 38.0. The van der Waals surface area contributed by atoms with Crippen molar-refractivity contribution < 1.29 is 4.79 Å². The number of rotatable bonds is 4. The summed E-state index contributed by atoms with van der Waals surface area (Å²) in [7, 11) is 0. The van der Waals surface area contributed by atoms with E-state index in [0.717, 1.165) is 30.6 Å². The van der Waals surface area contributed by atoms with Gasteiger partial charge >= 0.3 is 0 Å². The van der Waals surface area contributed by atoms with Gasteiger partial charge in [-0.2, -0.15) is 0 Å². The van der Waals surface area contributed by atoms with E-state index in [4.69, 9.17) is 0 Å². The van der Waals surface area contributed by atoms with Crippen molar-refractivity contribution in [3.63, 3.8) is 0 Å². The number of carbonyl (C=O) groups is 1. The van der Waals surface area contributed by atoms with Crippen molar-refractivity contribution in [3.05, 3.63) is 100 Å². The van der Waals surface area contributed by atoms with Gasteiger partial charge in [0, 0.05) is 18.5 Å². The molecule has 2 nitrogen and oxygen atoms in total. The van der Waals surface area contributed by atoms with Crippen LogP contribution in [0.15, 0.2) is 66.7 Å². The van der Waals surface area contributed by atoms with Crippen LogP contribution in [-0.2, 0) is 37.3 Å². The molecule has 0 atom stereocenters. The maximum atomic E-state index is 14.0. The van der Waals surface area contributed by atoms with Crippen LogP contribution in [0.5, 0.6) is 0 Å². The lowest BCUT2D eigenvalue weighted by Crippen LogP contribution is -2.35. The Kier molecular flexibility index (Phi) is 11.1. The van der Waals surface area contributed by atoms with E-state index >= 15 is 0 Å². The minimum absolute atomic E-state index is 0.0344. The predicted molar refractivity (Wildman–Crippen MR) is 241 cm³/mol. The van der Waals surface area contributed by atoms with Crippen LogP contribution in [0, 0.1) is 0 Å². The molecule has 0 spiro atoms. The Morgan fingerprint density at radius 3 is 0.945 bits per heavy atom. The molecule has 1 heterocycles. The third kappa shape index (κ3) is 9.49. The Bertz CT molecular complexity index is 1970. The highest BCUT2D eigenvalue weighted by molar-refractivity contribution is 6.02. The summed E-state index contributed by atoms with van der Waals surface area (Å²) in [6, 6.07) is 26.6. The molecule has 5 rings (SSSR count). The zero-order chi connectivity index (χ0) is 41.3. The minimum Gasteiger partial charge on any atom is -0.312 e. The quantitative estimate of drug-likeness (QED) is 0.204. The lowest BCUT2D eigenvalue weighted by molar-refractivity contribution is -0.119. The number of anilines is 1. The number of amides is 1. The molecule has 0 radical (unpaired) electrons. The van der Waals surface area contributed by atoms with Crippen molar-refractivity contribution in [3.8, 4) is 33.4 Å². The minimum atomic E-state index is -0.0424. The van der Waals surface area contributed by atoms with Gasteiger partial charge in [0.2, 0.25) is 5.91 Å². The Balaban J connectivity index is 2.04. The van der Waals surface area contributed by atoms with Crippen LogP contribution in [0.2, 0.25) is 0 Å². The molecular formula is C53H73NO. The highest BCUT2D eigenvalue weighted by atomic mass is 16.2. The van der Waals surface area contributed by atoms with Crippen molar-refractivity contribution in [2.45, 2.75) is 176 Å². The number of hydrogen-bond acceptors (Lipinski definition) is 1. The van der Waals surface area contributed by atoms with E-state index in [1.807, 2.05) is 0 Å². The molecule has 296 valence electrons. The van der Waals surface area contributed by atoms with Gasteiger partial charge in [-0.25, -0.2) is 0 Å². The molecule has 0 aromatic heterocycles. The molecule has 0 aliphatic carbocycles. The van der Waals surface area contributed by atoms with Crippen LogP contribution < -0.4 is 4.90 Å². The maximum Gasteiger partial charge on any atom is 0.226 e. The molecule has 2 heteroatoms. The predicted octanol–water partition coefficient (Wildman–Crippen LogP) is 15.0.